The van der Waals surface area contributed by atoms with E-state index in [2.05, 4.69) is 0 Å². The first-order valence-electron chi connectivity index (χ1n) is 9.27. The van der Waals surface area contributed by atoms with Crippen LogP contribution >= 0.6 is 0 Å². The van der Waals surface area contributed by atoms with Gasteiger partial charge in [-0.15, -0.1) is 0 Å². The summed E-state index contributed by atoms with van der Waals surface area (Å²) in [5.74, 6) is -0.309. The molecule has 0 heterocycles. The lowest BCUT2D eigenvalue weighted by Gasteiger charge is -2.23. The van der Waals surface area contributed by atoms with Gasteiger partial charge in [0.15, 0.2) is 6.61 Å². The van der Waals surface area contributed by atoms with Crippen LogP contribution in [-0.4, -0.2) is 36.5 Å². The summed E-state index contributed by atoms with van der Waals surface area (Å²) in [5.41, 5.74) is 2.83. The minimum absolute atomic E-state index is 0.0875. The van der Waals surface area contributed by atoms with E-state index >= 15 is 0 Å². The molecule has 1 amide bonds. The summed E-state index contributed by atoms with van der Waals surface area (Å²) in [6, 6.07) is 11.6. The molecule has 6 heteroatoms. The van der Waals surface area contributed by atoms with E-state index in [1.54, 1.807) is 19.1 Å². The van der Waals surface area contributed by atoms with Crippen molar-refractivity contribution >= 4 is 11.9 Å². The van der Waals surface area contributed by atoms with Crippen molar-refractivity contribution in [3.63, 3.8) is 0 Å². The van der Waals surface area contributed by atoms with Gasteiger partial charge in [-0.05, 0) is 55.7 Å². The summed E-state index contributed by atoms with van der Waals surface area (Å²) in [6.45, 7) is 6.25. The highest BCUT2D eigenvalue weighted by atomic mass is 19.1. The van der Waals surface area contributed by atoms with Crippen LogP contribution in [0.15, 0.2) is 42.5 Å². The maximum Gasteiger partial charge on any atom is 0.307 e. The third-order valence-electron chi connectivity index (χ3n) is 4.44. The minimum Gasteiger partial charge on any atom is -0.483 e. The Balaban J connectivity index is 2.05. The number of hydrogen-bond donors (Lipinski definition) is 0. The maximum absolute atomic E-state index is 13.1. The number of ether oxygens (including phenoxy) is 2. The van der Waals surface area contributed by atoms with E-state index in [1.807, 2.05) is 32.0 Å². The molecule has 0 saturated heterocycles. The molecule has 0 N–H and O–H groups in total. The van der Waals surface area contributed by atoms with Gasteiger partial charge in [-0.25, -0.2) is 4.39 Å². The van der Waals surface area contributed by atoms with Gasteiger partial charge in [0, 0.05) is 13.1 Å². The first-order chi connectivity index (χ1) is 13.4. The van der Waals surface area contributed by atoms with Crippen molar-refractivity contribution in [3.05, 3.63) is 65.0 Å². The van der Waals surface area contributed by atoms with Crippen LogP contribution in [0.5, 0.6) is 5.75 Å². The van der Waals surface area contributed by atoms with Crippen LogP contribution in [-0.2, 0) is 20.9 Å². The zero-order valence-electron chi connectivity index (χ0n) is 16.5. The number of amides is 1. The van der Waals surface area contributed by atoms with Crippen LogP contribution in [0.3, 0.4) is 0 Å². The summed E-state index contributed by atoms with van der Waals surface area (Å²) in [5, 5.41) is 0. The fourth-order valence-electron chi connectivity index (χ4n) is 2.67. The van der Waals surface area contributed by atoms with Gasteiger partial charge in [0.25, 0.3) is 5.91 Å². The van der Waals surface area contributed by atoms with Gasteiger partial charge in [0.05, 0.1) is 13.0 Å². The molecule has 0 atom stereocenters. The van der Waals surface area contributed by atoms with Gasteiger partial charge in [-0.1, -0.05) is 24.3 Å². The highest BCUT2D eigenvalue weighted by Gasteiger charge is 2.17. The standard InChI is InChI=1S/C22H26FNO4/c1-4-27-22(26)12-13-24(14-18-8-10-19(23)11-9-18)21(25)15-28-20-7-5-6-16(2)17(20)3/h5-11H,4,12-15H2,1-3H3. The number of aryl methyl sites for hydroxylation is 1. The molecule has 0 saturated carbocycles. The Labute approximate surface area is 165 Å². The molecule has 2 aromatic rings. The predicted octanol–water partition coefficient (Wildman–Crippen LogP) is 3.80. The molecule has 0 fully saturated rings. The SMILES string of the molecule is CCOC(=O)CCN(Cc1ccc(F)cc1)C(=O)COc1cccc(C)c1C. The van der Waals surface area contributed by atoms with E-state index in [0.717, 1.165) is 16.7 Å². The number of esters is 1. The highest BCUT2D eigenvalue weighted by molar-refractivity contribution is 5.78. The third kappa shape index (κ3) is 6.37. The van der Waals surface area contributed by atoms with Crippen molar-refractivity contribution in [2.45, 2.75) is 33.7 Å². The van der Waals surface area contributed by atoms with E-state index in [4.69, 9.17) is 9.47 Å². The molecular formula is C22H26FNO4. The molecule has 0 aromatic heterocycles. The Bertz CT molecular complexity index is 805. The molecule has 0 aliphatic heterocycles. The number of rotatable bonds is 9. The number of carbonyl (C=O) groups excluding carboxylic acids is 2. The number of carbonyl (C=O) groups is 2. The fourth-order valence-corrected chi connectivity index (χ4v) is 2.67. The quantitative estimate of drug-likeness (QED) is 0.614. The summed E-state index contributed by atoms with van der Waals surface area (Å²) in [7, 11) is 0. The normalized spacial score (nSPS) is 10.4. The topological polar surface area (TPSA) is 55.8 Å². The van der Waals surface area contributed by atoms with Crippen molar-refractivity contribution in [2.24, 2.45) is 0 Å². The first kappa shape index (κ1) is 21.4. The molecule has 0 unspecified atom stereocenters. The second-order valence-electron chi connectivity index (χ2n) is 6.48. The average Bonchev–Trinajstić information content (AvgIpc) is 2.67. The molecule has 5 nitrogen and oxygen atoms in total. The van der Waals surface area contributed by atoms with Gasteiger partial charge in [-0.3, -0.25) is 9.59 Å². The lowest BCUT2D eigenvalue weighted by molar-refractivity contribution is -0.144. The molecule has 0 bridgehead atoms. The summed E-state index contributed by atoms with van der Waals surface area (Å²) < 4.78 is 23.8. The van der Waals surface area contributed by atoms with Gasteiger partial charge in [-0.2, -0.15) is 0 Å². The Morgan fingerprint density at radius 2 is 1.79 bits per heavy atom. The van der Waals surface area contributed by atoms with Crippen LogP contribution < -0.4 is 4.74 Å². The van der Waals surface area contributed by atoms with Crippen molar-refractivity contribution in [3.8, 4) is 5.75 Å². The summed E-state index contributed by atoms with van der Waals surface area (Å²) in [4.78, 5) is 25.9. The zero-order chi connectivity index (χ0) is 20.5. The maximum atomic E-state index is 13.1. The van der Waals surface area contributed by atoms with Crippen molar-refractivity contribution in [2.75, 3.05) is 19.8 Å². The number of benzene rings is 2. The number of nitrogens with zero attached hydrogens (tertiary/aromatic N) is 1. The lowest BCUT2D eigenvalue weighted by atomic mass is 10.1. The smallest absolute Gasteiger partial charge is 0.307 e. The molecule has 0 aliphatic rings. The zero-order valence-corrected chi connectivity index (χ0v) is 16.5. The molecule has 2 aromatic carbocycles. The molecular weight excluding hydrogens is 361 g/mol. The van der Waals surface area contributed by atoms with Crippen molar-refractivity contribution in [1.29, 1.82) is 0 Å². The van der Waals surface area contributed by atoms with E-state index in [0.29, 0.717) is 12.4 Å². The Morgan fingerprint density at radius 3 is 2.46 bits per heavy atom. The molecule has 150 valence electrons. The minimum atomic E-state index is -0.366. The Hall–Kier alpha value is -2.89. The Kier molecular flexibility index (Phi) is 7.99. The molecule has 0 spiro atoms. The van der Waals surface area contributed by atoms with E-state index in [1.165, 1.54) is 17.0 Å². The largest absolute Gasteiger partial charge is 0.483 e. The van der Waals surface area contributed by atoms with E-state index < -0.39 is 0 Å². The van der Waals surface area contributed by atoms with Crippen LogP contribution in [0.4, 0.5) is 4.39 Å². The van der Waals surface area contributed by atoms with Gasteiger partial charge in [0.2, 0.25) is 0 Å². The number of hydrogen-bond acceptors (Lipinski definition) is 4. The van der Waals surface area contributed by atoms with Crippen LogP contribution in [0.1, 0.15) is 30.0 Å². The predicted molar refractivity (Wildman–Crippen MR) is 104 cm³/mol. The lowest BCUT2D eigenvalue weighted by Crippen LogP contribution is -2.36. The van der Waals surface area contributed by atoms with Gasteiger partial charge < -0.3 is 14.4 Å². The molecule has 28 heavy (non-hydrogen) atoms. The second-order valence-corrected chi connectivity index (χ2v) is 6.48. The third-order valence-corrected chi connectivity index (χ3v) is 4.44. The number of halogens is 1. The van der Waals surface area contributed by atoms with Gasteiger partial charge >= 0.3 is 5.97 Å². The fraction of sp³-hybridized carbons (Fsp3) is 0.364. The van der Waals surface area contributed by atoms with Gasteiger partial charge in [0.1, 0.15) is 11.6 Å². The van der Waals surface area contributed by atoms with E-state index in [-0.39, 0.29) is 43.8 Å². The molecule has 2 rings (SSSR count). The van der Waals surface area contributed by atoms with Crippen LogP contribution in [0.2, 0.25) is 0 Å². The monoisotopic (exact) mass is 387 g/mol. The molecule has 0 radical (unpaired) electrons. The van der Waals surface area contributed by atoms with Crippen molar-refractivity contribution in [1.82, 2.24) is 4.90 Å². The average molecular weight is 387 g/mol. The first-order valence-corrected chi connectivity index (χ1v) is 9.27. The highest BCUT2D eigenvalue weighted by Crippen LogP contribution is 2.20. The van der Waals surface area contributed by atoms with Crippen molar-refractivity contribution < 1.29 is 23.5 Å². The molecule has 0 aliphatic carbocycles. The Morgan fingerprint density at radius 1 is 1.07 bits per heavy atom. The second kappa shape index (κ2) is 10.4. The van der Waals surface area contributed by atoms with Crippen LogP contribution in [0, 0.1) is 19.7 Å². The van der Waals surface area contributed by atoms with Crippen LogP contribution in [0.25, 0.3) is 0 Å². The van der Waals surface area contributed by atoms with E-state index in [9.17, 15) is 14.0 Å². The summed E-state index contributed by atoms with van der Waals surface area (Å²) >= 11 is 0. The summed E-state index contributed by atoms with van der Waals surface area (Å²) in [6.07, 6.45) is 0.0875.